The molecule has 2 atom stereocenters. The highest BCUT2D eigenvalue weighted by molar-refractivity contribution is 7.10. The SMILES string of the molecule is O=C(Nc1cccc(C(F)(F)F)c1)c1nn2c(c1Cl)N[C@H](c1cccs1)C[C@H]2C(F)(F)F. The summed E-state index contributed by atoms with van der Waals surface area (Å²) >= 11 is 7.47. The molecule has 170 valence electrons. The van der Waals surface area contributed by atoms with Gasteiger partial charge in [0.15, 0.2) is 11.7 Å². The minimum atomic E-state index is -4.67. The molecule has 5 nitrogen and oxygen atoms in total. The number of benzene rings is 1. The summed E-state index contributed by atoms with van der Waals surface area (Å²) in [6, 6.07) is 4.45. The Bertz CT molecular complexity index is 1140. The normalized spacial score (nSPS) is 18.7. The summed E-state index contributed by atoms with van der Waals surface area (Å²) in [6.07, 6.45) is -9.67. The van der Waals surface area contributed by atoms with Crippen LogP contribution in [0.25, 0.3) is 0 Å². The second kappa shape index (κ2) is 8.00. The molecular formula is C19H13ClF6N4OS. The number of anilines is 2. The molecule has 3 aromatic rings. The predicted molar refractivity (Wildman–Crippen MR) is 107 cm³/mol. The van der Waals surface area contributed by atoms with Crippen LogP contribution < -0.4 is 10.6 Å². The van der Waals surface area contributed by atoms with Crippen molar-refractivity contribution in [1.82, 2.24) is 9.78 Å². The predicted octanol–water partition coefficient (Wildman–Crippen LogP) is 6.53. The molecule has 0 aliphatic carbocycles. The zero-order valence-corrected chi connectivity index (χ0v) is 17.3. The molecule has 3 heterocycles. The van der Waals surface area contributed by atoms with E-state index in [2.05, 4.69) is 15.7 Å². The Morgan fingerprint density at radius 1 is 1.19 bits per heavy atom. The van der Waals surface area contributed by atoms with Gasteiger partial charge in [0.2, 0.25) is 0 Å². The maximum atomic E-state index is 13.7. The monoisotopic (exact) mass is 494 g/mol. The van der Waals surface area contributed by atoms with E-state index in [0.29, 0.717) is 15.6 Å². The number of fused-ring (bicyclic) bond motifs is 1. The second-order valence-electron chi connectivity index (χ2n) is 6.99. The number of nitrogens with zero attached hydrogens (tertiary/aromatic N) is 2. The summed E-state index contributed by atoms with van der Waals surface area (Å²) in [6.45, 7) is 0. The smallest absolute Gasteiger partial charge is 0.361 e. The number of carbonyl (C=O) groups is 1. The van der Waals surface area contributed by atoms with Crippen LogP contribution in [0.4, 0.5) is 37.8 Å². The topological polar surface area (TPSA) is 59.0 Å². The van der Waals surface area contributed by atoms with Crippen molar-refractivity contribution in [2.45, 2.75) is 30.9 Å². The number of carbonyl (C=O) groups excluding carboxylic acids is 1. The van der Waals surface area contributed by atoms with E-state index in [0.717, 1.165) is 12.1 Å². The van der Waals surface area contributed by atoms with Crippen molar-refractivity contribution < 1.29 is 31.1 Å². The standard InChI is InChI=1S/C19H13ClF6N4OS/c20-14-15(17(31)27-10-4-1-3-9(7-10)18(21,22)23)29-30-13(19(24,25)26)8-11(28-16(14)30)12-5-2-6-32-12/h1-7,11,13,28H,8H2,(H,27,31)/t11-,13-/m0/s1. The summed E-state index contributed by atoms with van der Waals surface area (Å²) in [5.74, 6) is -1.22. The third kappa shape index (κ3) is 4.29. The Balaban J connectivity index is 1.67. The second-order valence-corrected chi connectivity index (χ2v) is 8.35. The van der Waals surface area contributed by atoms with Crippen molar-refractivity contribution in [3.05, 3.63) is 62.9 Å². The van der Waals surface area contributed by atoms with Gasteiger partial charge in [0.1, 0.15) is 10.8 Å². The maximum Gasteiger partial charge on any atom is 0.416 e. The van der Waals surface area contributed by atoms with Gasteiger partial charge in [-0.05, 0) is 29.6 Å². The summed E-state index contributed by atoms with van der Waals surface area (Å²) in [4.78, 5) is 13.3. The number of rotatable bonds is 3. The van der Waals surface area contributed by atoms with Crippen molar-refractivity contribution in [3.8, 4) is 0 Å². The van der Waals surface area contributed by atoms with Crippen LogP contribution in [-0.4, -0.2) is 21.9 Å². The molecule has 1 aliphatic rings. The highest BCUT2D eigenvalue weighted by Crippen LogP contribution is 2.47. The average Bonchev–Trinajstić information content (AvgIpc) is 3.35. The van der Waals surface area contributed by atoms with Gasteiger partial charge in [0.05, 0.1) is 11.6 Å². The molecule has 0 radical (unpaired) electrons. The fourth-order valence-electron chi connectivity index (χ4n) is 3.37. The third-order valence-corrected chi connectivity index (χ3v) is 6.19. The van der Waals surface area contributed by atoms with Crippen molar-refractivity contribution in [2.24, 2.45) is 0 Å². The van der Waals surface area contributed by atoms with E-state index in [9.17, 15) is 31.1 Å². The van der Waals surface area contributed by atoms with Crippen molar-refractivity contribution in [1.29, 1.82) is 0 Å². The minimum Gasteiger partial charge on any atom is -0.361 e. The van der Waals surface area contributed by atoms with Crippen LogP contribution in [0, 0.1) is 0 Å². The van der Waals surface area contributed by atoms with E-state index in [1.807, 2.05) is 0 Å². The van der Waals surface area contributed by atoms with Gasteiger partial charge in [-0.3, -0.25) is 4.79 Å². The molecule has 0 unspecified atom stereocenters. The molecule has 2 aromatic heterocycles. The van der Waals surface area contributed by atoms with Gasteiger partial charge < -0.3 is 10.6 Å². The number of hydrogen-bond donors (Lipinski definition) is 2. The average molecular weight is 495 g/mol. The molecule has 0 bridgehead atoms. The lowest BCUT2D eigenvalue weighted by molar-refractivity contribution is -0.173. The van der Waals surface area contributed by atoms with Crippen molar-refractivity contribution >= 4 is 40.4 Å². The first-order chi connectivity index (χ1) is 14.9. The fraction of sp³-hybridized carbons (Fsp3) is 0.263. The molecule has 13 heteroatoms. The van der Waals surface area contributed by atoms with Crippen LogP contribution >= 0.6 is 22.9 Å². The van der Waals surface area contributed by atoms with Gasteiger partial charge in [-0.2, -0.15) is 31.4 Å². The van der Waals surface area contributed by atoms with Gasteiger partial charge in [0.25, 0.3) is 5.91 Å². The Kier molecular flexibility index (Phi) is 5.61. The Morgan fingerprint density at radius 3 is 2.56 bits per heavy atom. The lowest BCUT2D eigenvalue weighted by Crippen LogP contribution is -2.35. The van der Waals surface area contributed by atoms with Crippen LogP contribution in [0.1, 0.15) is 39.4 Å². The highest BCUT2D eigenvalue weighted by Gasteiger charge is 2.48. The van der Waals surface area contributed by atoms with E-state index in [1.165, 1.54) is 17.4 Å². The molecule has 1 amide bonds. The largest absolute Gasteiger partial charge is 0.416 e. The zero-order valence-electron chi connectivity index (χ0n) is 15.8. The molecule has 0 spiro atoms. The first kappa shape index (κ1) is 22.5. The van der Waals surface area contributed by atoms with Crippen LogP contribution in [0.5, 0.6) is 0 Å². The number of nitrogens with one attached hydrogen (secondary N) is 2. The van der Waals surface area contributed by atoms with Gasteiger partial charge in [-0.1, -0.05) is 23.7 Å². The summed E-state index contributed by atoms with van der Waals surface area (Å²) in [5, 5.41) is 10.2. The number of thiophene rings is 1. The van der Waals surface area contributed by atoms with E-state index >= 15 is 0 Å². The van der Waals surface area contributed by atoms with E-state index in [4.69, 9.17) is 11.6 Å². The van der Waals surface area contributed by atoms with Gasteiger partial charge in [-0.15, -0.1) is 11.3 Å². The molecule has 0 fully saturated rings. The first-order valence-corrected chi connectivity index (χ1v) is 10.3. The summed E-state index contributed by atoms with van der Waals surface area (Å²) in [5.41, 5.74) is -1.74. The van der Waals surface area contributed by atoms with Crippen LogP contribution in [0.2, 0.25) is 5.02 Å². The number of hydrogen-bond acceptors (Lipinski definition) is 4. The van der Waals surface area contributed by atoms with E-state index < -0.39 is 41.6 Å². The molecule has 1 aromatic carbocycles. The quantitative estimate of drug-likeness (QED) is 0.407. The molecular weight excluding hydrogens is 482 g/mol. The molecule has 2 N–H and O–H groups in total. The van der Waals surface area contributed by atoms with E-state index in [-0.39, 0.29) is 22.9 Å². The lowest BCUT2D eigenvalue weighted by atomic mass is 10.0. The summed E-state index contributed by atoms with van der Waals surface area (Å²) < 4.78 is 80.5. The fourth-order valence-corrected chi connectivity index (χ4v) is 4.43. The first-order valence-electron chi connectivity index (χ1n) is 9.08. The third-order valence-electron chi connectivity index (χ3n) is 4.85. The van der Waals surface area contributed by atoms with Crippen LogP contribution in [0.3, 0.4) is 0 Å². The Labute approximate surface area is 186 Å². The molecule has 0 saturated carbocycles. The van der Waals surface area contributed by atoms with Gasteiger partial charge in [0, 0.05) is 17.0 Å². The van der Waals surface area contributed by atoms with Gasteiger partial charge in [-0.25, -0.2) is 4.68 Å². The number of aromatic nitrogens is 2. The number of halogens is 7. The molecule has 1 aliphatic heterocycles. The molecule has 4 rings (SSSR count). The molecule has 0 saturated heterocycles. The van der Waals surface area contributed by atoms with Crippen molar-refractivity contribution in [3.63, 3.8) is 0 Å². The van der Waals surface area contributed by atoms with Gasteiger partial charge >= 0.3 is 12.4 Å². The van der Waals surface area contributed by atoms with Crippen LogP contribution in [-0.2, 0) is 6.18 Å². The lowest BCUT2D eigenvalue weighted by Gasteiger charge is -2.32. The molecule has 32 heavy (non-hydrogen) atoms. The zero-order chi connectivity index (χ0) is 23.3. The van der Waals surface area contributed by atoms with Crippen molar-refractivity contribution in [2.75, 3.05) is 10.6 Å². The maximum absolute atomic E-state index is 13.7. The van der Waals surface area contributed by atoms with Crippen LogP contribution in [0.15, 0.2) is 41.8 Å². The minimum absolute atomic E-state index is 0.187. The highest BCUT2D eigenvalue weighted by atomic mass is 35.5. The summed E-state index contributed by atoms with van der Waals surface area (Å²) in [7, 11) is 0. The Hall–Kier alpha value is -2.73. The Morgan fingerprint density at radius 2 is 1.94 bits per heavy atom. The van der Waals surface area contributed by atoms with E-state index in [1.54, 1.807) is 17.5 Å². The number of alkyl halides is 6. The number of amides is 1.